The number of halogens is 4. The Balaban J connectivity index is 0.00000264. The van der Waals surface area contributed by atoms with Gasteiger partial charge in [0.2, 0.25) is 6.54 Å². The molecular weight excluding hydrogens is 379 g/mol. The average molecular weight is 392 g/mol. The van der Waals surface area contributed by atoms with Crippen LogP contribution in [0.15, 0.2) is 36.8 Å². The Morgan fingerprint density at radius 2 is 1.91 bits per heavy atom. The van der Waals surface area contributed by atoms with Crippen LogP contribution < -0.4 is 21.5 Å². The summed E-state index contributed by atoms with van der Waals surface area (Å²) in [6.07, 6.45) is -0.123. The summed E-state index contributed by atoms with van der Waals surface area (Å²) in [7, 11) is 0. The first kappa shape index (κ1) is 19.0. The van der Waals surface area contributed by atoms with Gasteiger partial charge < -0.3 is 21.7 Å². The van der Waals surface area contributed by atoms with Gasteiger partial charge in [-0.05, 0) is 18.6 Å². The number of hydrogen-bond acceptors (Lipinski definition) is 4. The Morgan fingerprint density at radius 1 is 1.26 bits per heavy atom. The number of ether oxygens (including phenoxy) is 1. The maximum absolute atomic E-state index is 12.6. The molecule has 124 valence electrons. The molecule has 2 aromatic rings. The third-order valence-corrected chi connectivity index (χ3v) is 2.79. The van der Waals surface area contributed by atoms with Gasteiger partial charge in [0.05, 0.1) is 12.8 Å². The summed E-state index contributed by atoms with van der Waals surface area (Å²) in [4.78, 5) is 11.3. The number of esters is 1. The lowest BCUT2D eigenvalue weighted by molar-refractivity contribution is -0.685. The van der Waals surface area contributed by atoms with Crippen molar-refractivity contribution in [3.8, 4) is 11.1 Å². The highest BCUT2D eigenvalue weighted by atomic mass is 79.9. The number of rotatable bonds is 4. The molecule has 0 aromatic carbocycles. The van der Waals surface area contributed by atoms with Crippen molar-refractivity contribution in [1.29, 1.82) is 0 Å². The molecule has 0 saturated heterocycles. The van der Waals surface area contributed by atoms with Crippen molar-refractivity contribution >= 4 is 5.97 Å². The molecule has 0 aliphatic rings. The molecule has 2 rings (SSSR count). The topological polar surface area (TPSA) is 56.0 Å². The zero-order valence-electron chi connectivity index (χ0n) is 12.0. The van der Waals surface area contributed by atoms with Crippen LogP contribution in [0.4, 0.5) is 13.2 Å². The molecule has 0 radical (unpaired) electrons. The molecule has 9 heteroatoms. The third-order valence-electron chi connectivity index (χ3n) is 2.79. The number of carbonyl (C=O) groups is 1. The van der Waals surface area contributed by atoms with Gasteiger partial charge in [-0.15, -0.1) is 5.10 Å². The lowest BCUT2D eigenvalue weighted by Crippen LogP contribution is -3.00. The highest BCUT2D eigenvalue weighted by molar-refractivity contribution is 5.67. The van der Waals surface area contributed by atoms with E-state index in [1.807, 2.05) is 0 Å². The first-order valence-electron chi connectivity index (χ1n) is 6.45. The van der Waals surface area contributed by atoms with Crippen molar-refractivity contribution < 1.29 is 44.3 Å². The molecule has 0 aliphatic carbocycles. The van der Waals surface area contributed by atoms with Crippen LogP contribution in [0.2, 0.25) is 0 Å². The summed E-state index contributed by atoms with van der Waals surface area (Å²) in [5, 5.41) is 6.44. The van der Waals surface area contributed by atoms with E-state index in [1.165, 1.54) is 6.20 Å². The second-order valence-electron chi connectivity index (χ2n) is 4.39. The SMILES string of the molecule is CCOC(=O)C[n+]1ccc(-c2cnnc(C(F)(F)F)c2)cc1.[Br-]. The lowest BCUT2D eigenvalue weighted by Gasteiger charge is -2.06. The minimum atomic E-state index is -4.54. The molecule has 0 aliphatic heterocycles. The van der Waals surface area contributed by atoms with Gasteiger partial charge in [0.15, 0.2) is 18.1 Å². The molecule has 5 nitrogen and oxygen atoms in total. The van der Waals surface area contributed by atoms with Crippen molar-refractivity contribution in [2.45, 2.75) is 19.6 Å². The fourth-order valence-electron chi connectivity index (χ4n) is 1.77. The highest BCUT2D eigenvalue weighted by Crippen LogP contribution is 2.29. The van der Waals surface area contributed by atoms with Gasteiger partial charge >= 0.3 is 12.1 Å². The first-order valence-corrected chi connectivity index (χ1v) is 6.45. The van der Waals surface area contributed by atoms with Crippen molar-refractivity contribution in [2.75, 3.05) is 6.61 Å². The van der Waals surface area contributed by atoms with Crippen LogP contribution in [0.1, 0.15) is 12.6 Å². The zero-order chi connectivity index (χ0) is 16.2. The second-order valence-corrected chi connectivity index (χ2v) is 4.39. The fraction of sp³-hybridized carbons (Fsp3) is 0.286. The van der Waals surface area contributed by atoms with Crippen LogP contribution in [0.5, 0.6) is 0 Å². The van der Waals surface area contributed by atoms with E-state index >= 15 is 0 Å². The zero-order valence-corrected chi connectivity index (χ0v) is 13.6. The quantitative estimate of drug-likeness (QED) is 0.496. The summed E-state index contributed by atoms with van der Waals surface area (Å²) in [5.41, 5.74) is -0.209. The Bertz CT molecular complexity index is 663. The molecule has 0 N–H and O–H groups in total. The van der Waals surface area contributed by atoms with Crippen LogP contribution >= 0.6 is 0 Å². The number of alkyl halides is 3. The van der Waals surface area contributed by atoms with Crippen LogP contribution in [0.3, 0.4) is 0 Å². The van der Waals surface area contributed by atoms with Gasteiger partial charge in [-0.3, -0.25) is 0 Å². The van der Waals surface area contributed by atoms with Crippen LogP contribution in [0, 0.1) is 0 Å². The number of pyridine rings is 1. The molecule has 0 amide bonds. The van der Waals surface area contributed by atoms with E-state index in [1.54, 1.807) is 36.0 Å². The van der Waals surface area contributed by atoms with Gasteiger partial charge in [-0.25, -0.2) is 4.79 Å². The van der Waals surface area contributed by atoms with Crippen molar-refractivity contribution in [2.24, 2.45) is 0 Å². The highest BCUT2D eigenvalue weighted by Gasteiger charge is 2.33. The smallest absolute Gasteiger partial charge is 0.435 e. The first-order chi connectivity index (χ1) is 10.4. The van der Waals surface area contributed by atoms with Gasteiger partial charge in [0.1, 0.15) is 0 Å². The van der Waals surface area contributed by atoms with Crippen LogP contribution in [0.25, 0.3) is 11.1 Å². The number of aromatic nitrogens is 3. The van der Waals surface area contributed by atoms with Crippen LogP contribution in [-0.2, 0) is 22.3 Å². The molecule has 0 saturated carbocycles. The maximum Gasteiger partial charge on any atom is 0.435 e. The van der Waals surface area contributed by atoms with Crippen molar-refractivity contribution in [1.82, 2.24) is 10.2 Å². The Kier molecular flexibility index (Phi) is 6.62. The van der Waals surface area contributed by atoms with E-state index in [0.717, 1.165) is 6.07 Å². The molecule has 23 heavy (non-hydrogen) atoms. The predicted octanol–water partition coefficient (Wildman–Crippen LogP) is -0.983. The Hall–Kier alpha value is -2.03. The number of carbonyl (C=O) groups excluding carboxylic acids is 1. The molecule has 0 bridgehead atoms. The minimum absolute atomic E-state index is 0. The van der Waals surface area contributed by atoms with E-state index in [-0.39, 0.29) is 29.5 Å². The van der Waals surface area contributed by atoms with E-state index in [4.69, 9.17) is 4.74 Å². The second kappa shape index (κ2) is 8.00. The van der Waals surface area contributed by atoms with Crippen LogP contribution in [-0.4, -0.2) is 22.8 Å². The van der Waals surface area contributed by atoms with Crippen molar-refractivity contribution in [3.05, 3.63) is 42.5 Å². The van der Waals surface area contributed by atoms with E-state index in [2.05, 4.69) is 10.2 Å². The summed E-state index contributed by atoms with van der Waals surface area (Å²) in [5.74, 6) is -0.384. The molecule has 2 aromatic heterocycles. The third kappa shape index (κ3) is 5.27. The summed E-state index contributed by atoms with van der Waals surface area (Å²) in [6, 6.07) is 4.12. The fourth-order valence-corrected chi connectivity index (χ4v) is 1.77. The van der Waals surface area contributed by atoms with E-state index in [0.29, 0.717) is 17.7 Å². The molecule has 0 fully saturated rings. The summed E-state index contributed by atoms with van der Waals surface area (Å²) in [6.45, 7) is 2.04. The van der Waals surface area contributed by atoms with Crippen molar-refractivity contribution in [3.63, 3.8) is 0 Å². The molecular formula is C14H13BrF3N3O2. The predicted molar refractivity (Wildman–Crippen MR) is 69.3 cm³/mol. The normalized spacial score (nSPS) is 10.8. The largest absolute Gasteiger partial charge is 1.00 e. The molecule has 0 atom stereocenters. The number of hydrogen-bond donors (Lipinski definition) is 0. The van der Waals surface area contributed by atoms with E-state index in [9.17, 15) is 18.0 Å². The van der Waals surface area contributed by atoms with E-state index < -0.39 is 11.9 Å². The van der Waals surface area contributed by atoms with Gasteiger partial charge in [-0.1, -0.05) is 0 Å². The lowest BCUT2D eigenvalue weighted by atomic mass is 10.1. The van der Waals surface area contributed by atoms with Gasteiger partial charge in [0.25, 0.3) is 0 Å². The average Bonchev–Trinajstić information content (AvgIpc) is 2.47. The maximum atomic E-state index is 12.6. The van der Waals surface area contributed by atoms with Gasteiger partial charge in [0, 0.05) is 17.7 Å². The van der Waals surface area contributed by atoms with Gasteiger partial charge in [-0.2, -0.15) is 22.8 Å². The minimum Gasteiger partial charge on any atom is -1.00 e. The molecule has 2 heterocycles. The Labute approximate surface area is 140 Å². The monoisotopic (exact) mass is 391 g/mol. The summed E-state index contributed by atoms with van der Waals surface area (Å²) >= 11 is 0. The number of nitrogens with zero attached hydrogens (tertiary/aromatic N) is 3. The molecule has 0 unspecified atom stereocenters. The Morgan fingerprint density at radius 3 is 2.48 bits per heavy atom. The summed E-state index contributed by atoms with van der Waals surface area (Å²) < 4.78 is 44.2. The molecule has 0 spiro atoms. The standard InChI is InChI=1S/C14H13F3N3O2.BrH/c1-2-22-13(21)9-20-5-3-10(4-6-20)11-7-12(14(15,16)17)19-18-8-11;/h3-8H,2,9H2,1H3;1H/q+1;/p-1.